The van der Waals surface area contributed by atoms with E-state index in [4.69, 9.17) is 15.9 Å². The van der Waals surface area contributed by atoms with Crippen molar-refractivity contribution >= 4 is 17.8 Å². The zero-order valence-corrected chi connectivity index (χ0v) is 9.71. The number of nitrogens with two attached hydrogens (primary N) is 1. The van der Waals surface area contributed by atoms with E-state index in [2.05, 4.69) is 0 Å². The van der Waals surface area contributed by atoms with E-state index in [1.165, 1.54) is 0 Å². The van der Waals surface area contributed by atoms with Crippen molar-refractivity contribution in [3.8, 4) is 0 Å². The van der Waals surface area contributed by atoms with Crippen molar-refractivity contribution in [2.75, 3.05) is 0 Å². The third-order valence-electron chi connectivity index (χ3n) is 2.00. The highest BCUT2D eigenvalue weighted by Gasteiger charge is 2.28. The van der Waals surface area contributed by atoms with E-state index in [0.717, 1.165) is 0 Å². The molecule has 0 rings (SSSR count). The van der Waals surface area contributed by atoms with E-state index < -0.39 is 23.4 Å². The van der Waals surface area contributed by atoms with Gasteiger partial charge in [0, 0.05) is 12.2 Å². The van der Waals surface area contributed by atoms with Gasteiger partial charge >= 0.3 is 11.9 Å². The van der Waals surface area contributed by atoms with Crippen molar-refractivity contribution < 1.29 is 29.7 Å². The second-order valence-electron chi connectivity index (χ2n) is 3.11. The predicted molar refractivity (Wildman–Crippen MR) is 59.1 cm³/mol. The standard InChI is InChI=1S/C6H13NO2.C4H4O4/c1-3-6(9,4-2)5(7)8;5-3(6)1-2-4(7)8/h9H,3-4H2,1-2H3,(H2,7,8);1-2H,(H,5,6)(H,7,8)/b;2-1+. The fourth-order valence-corrected chi connectivity index (χ4v) is 0.741. The normalized spacial score (nSPS) is 10.5. The number of primary amides is 1. The fraction of sp³-hybridized carbons (Fsp3) is 0.500. The van der Waals surface area contributed by atoms with Gasteiger partial charge in [-0.3, -0.25) is 4.79 Å². The lowest BCUT2D eigenvalue weighted by molar-refractivity contribution is -0.136. The van der Waals surface area contributed by atoms with Gasteiger partial charge in [-0.1, -0.05) is 13.8 Å². The van der Waals surface area contributed by atoms with Gasteiger partial charge in [0.2, 0.25) is 5.91 Å². The minimum atomic E-state index is -1.28. The molecule has 5 N–H and O–H groups in total. The molecule has 0 atom stereocenters. The number of hydrogen-bond acceptors (Lipinski definition) is 4. The first-order valence-electron chi connectivity index (χ1n) is 4.85. The van der Waals surface area contributed by atoms with Crippen LogP contribution in [0.5, 0.6) is 0 Å². The lowest BCUT2D eigenvalue weighted by Gasteiger charge is -2.19. The quantitative estimate of drug-likeness (QED) is 0.493. The van der Waals surface area contributed by atoms with Crippen LogP contribution >= 0.6 is 0 Å². The number of hydrogen-bond donors (Lipinski definition) is 4. The summed E-state index contributed by atoms with van der Waals surface area (Å²) in [5, 5.41) is 24.9. The van der Waals surface area contributed by atoms with Crippen LogP contribution in [0.15, 0.2) is 12.2 Å². The van der Waals surface area contributed by atoms with Gasteiger partial charge in [0.25, 0.3) is 0 Å². The highest BCUT2D eigenvalue weighted by molar-refractivity contribution is 5.89. The second-order valence-corrected chi connectivity index (χ2v) is 3.11. The molecule has 98 valence electrons. The Balaban J connectivity index is 0. The first kappa shape index (κ1) is 17.5. The van der Waals surface area contributed by atoms with Crippen LogP contribution in [0.2, 0.25) is 0 Å². The van der Waals surface area contributed by atoms with Crippen molar-refractivity contribution in [2.24, 2.45) is 5.73 Å². The Morgan fingerprint density at radius 2 is 1.35 bits per heavy atom. The Kier molecular flexibility index (Phi) is 8.53. The van der Waals surface area contributed by atoms with Crippen molar-refractivity contribution in [3.05, 3.63) is 12.2 Å². The number of carbonyl (C=O) groups excluding carboxylic acids is 1. The summed E-state index contributed by atoms with van der Waals surface area (Å²) in [7, 11) is 0. The molecule has 0 aliphatic rings. The number of aliphatic hydroxyl groups is 1. The number of carboxylic acids is 2. The van der Waals surface area contributed by atoms with E-state index in [-0.39, 0.29) is 0 Å². The average molecular weight is 247 g/mol. The van der Waals surface area contributed by atoms with Crippen LogP contribution in [0, 0.1) is 0 Å². The number of carbonyl (C=O) groups is 3. The van der Waals surface area contributed by atoms with E-state index in [0.29, 0.717) is 25.0 Å². The highest BCUT2D eigenvalue weighted by atomic mass is 16.4. The molecule has 0 heterocycles. The molecule has 0 saturated carbocycles. The molecular formula is C10H17NO6. The first-order valence-corrected chi connectivity index (χ1v) is 4.85. The molecule has 0 radical (unpaired) electrons. The zero-order chi connectivity index (χ0) is 14.1. The number of amides is 1. The summed E-state index contributed by atoms with van der Waals surface area (Å²) in [6, 6.07) is 0. The molecule has 1 amide bonds. The Labute approximate surface area is 98.5 Å². The van der Waals surface area contributed by atoms with Crippen LogP contribution in [0.1, 0.15) is 26.7 Å². The second kappa shape index (κ2) is 8.28. The van der Waals surface area contributed by atoms with Crippen LogP contribution in [0.3, 0.4) is 0 Å². The predicted octanol–water partition coefficient (Wildman–Crippen LogP) is -0.265. The lowest BCUT2D eigenvalue weighted by Crippen LogP contribution is -2.42. The number of carboxylic acid groups (broad SMARTS) is 2. The zero-order valence-electron chi connectivity index (χ0n) is 9.71. The molecule has 0 unspecified atom stereocenters. The molecule has 17 heavy (non-hydrogen) atoms. The summed E-state index contributed by atoms with van der Waals surface area (Å²) >= 11 is 0. The molecule has 7 nitrogen and oxygen atoms in total. The summed E-state index contributed by atoms with van der Waals surface area (Å²) < 4.78 is 0. The van der Waals surface area contributed by atoms with Gasteiger partial charge in [-0.25, -0.2) is 9.59 Å². The molecule has 0 aromatic heterocycles. The molecule has 0 aliphatic carbocycles. The summed E-state index contributed by atoms with van der Waals surface area (Å²) in [4.78, 5) is 29.6. The van der Waals surface area contributed by atoms with Crippen LogP contribution in [0.4, 0.5) is 0 Å². The molecule has 0 aromatic carbocycles. The van der Waals surface area contributed by atoms with Crippen LogP contribution < -0.4 is 5.73 Å². The van der Waals surface area contributed by atoms with E-state index in [9.17, 15) is 19.5 Å². The molecule has 0 spiro atoms. The van der Waals surface area contributed by atoms with E-state index in [1.54, 1.807) is 13.8 Å². The third kappa shape index (κ3) is 9.06. The highest BCUT2D eigenvalue weighted by Crippen LogP contribution is 2.12. The summed E-state index contributed by atoms with van der Waals surface area (Å²) in [6.45, 7) is 3.46. The average Bonchev–Trinajstić information content (AvgIpc) is 2.25. The van der Waals surface area contributed by atoms with Gasteiger partial charge in [0.05, 0.1) is 0 Å². The topological polar surface area (TPSA) is 138 Å². The van der Waals surface area contributed by atoms with Gasteiger partial charge < -0.3 is 21.1 Å². The van der Waals surface area contributed by atoms with Gasteiger partial charge in [-0.2, -0.15) is 0 Å². The van der Waals surface area contributed by atoms with Crippen LogP contribution in [0.25, 0.3) is 0 Å². The van der Waals surface area contributed by atoms with Gasteiger partial charge in [-0.05, 0) is 12.8 Å². The van der Waals surface area contributed by atoms with E-state index in [1.807, 2.05) is 0 Å². The molecule has 0 bridgehead atoms. The Bertz CT molecular complexity index is 290. The van der Waals surface area contributed by atoms with Gasteiger partial charge in [-0.15, -0.1) is 0 Å². The SMILES string of the molecule is CCC(O)(CC)C(N)=O.O=C(O)/C=C/C(=O)O. The maximum absolute atomic E-state index is 10.5. The maximum atomic E-state index is 10.5. The molecular weight excluding hydrogens is 230 g/mol. The number of aliphatic carboxylic acids is 2. The van der Waals surface area contributed by atoms with Gasteiger partial charge in [0.15, 0.2) is 0 Å². The Morgan fingerprint density at radius 1 is 1.06 bits per heavy atom. The largest absolute Gasteiger partial charge is 0.478 e. The summed E-state index contributed by atoms with van der Waals surface area (Å²) in [5.74, 6) is -3.15. The first-order chi connectivity index (χ1) is 7.69. The fourth-order valence-electron chi connectivity index (χ4n) is 0.741. The van der Waals surface area contributed by atoms with Crippen molar-refractivity contribution in [1.29, 1.82) is 0 Å². The van der Waals surface area contributed by atoms with Gasteiger partial charge in [0.1, 0.15) is 5.60 Å². The van der Waals surface area contributed by atoms with Crippen molar-refractivity contribution in [2.45, 2.75) is 32.3 Å². The smallest absolute Gasteiger partial charge is 0.328 e. The molecule has 0 aromatic rings. The van der Waals surface area contributed by atoms with Crippen molar-refractivity contribution in [3.63, 3.8) is 0 Å². The monoisotopic (exact) mass is 247 g/mol. The lowest BCUT2D eigenvalue weighted by atomic mass is 9.97. The Hall–Kier alpha value is -1.89. The summed E-state index contributed by atoms with van der Waals surface area (Å²) in [6.07, 6.45) is 1.89. The van der Waals surface area contributed by atoms with E-state index >= 15 is 0 Å². The molecule has 0 fully saturated rings. The molecule has 0 aliphatic heterocycles. The Morgan fingerprint density at radius 3 is 1.41 bits per heavy atom. The number of rotatable bonds is 5. The maximum Gasteiger partial charge on any atom is 0.328 e. The van der Waals surface area contributed by atoms with Crippen LogP contribution in [-0.2, 0) is 14.4 Å². The minimum Gasteiger partial charge on any atom is -0.478 e. The third-order valence-corrected chi connectivity index (χ3v) is 2.00. The summed E-state index contributed by atoms with van der Waals surface area (Å²) in [5.41, 5.74) is 3.63. The minimum absolute atomic E-state index is 0.388. The molecule has 0 saturated heterocycles. The van der Waals surface area contributed by atoms with Crippen molar-refractivity contribution in [1.82, 2.24) is 0 Å². The van der Waals surface area contributed by atoms with Crippen LogP contribution in [-0.4, -0.2) is 38.8 Å². The molecule has 7 heteroatoms.